The van der Waals surface area contributed by atoms with Gasteiger partial charge in [-0.3, -0.25) is 0 Å². The zero-order valence-electron chi connectivity index (χ0n) is 8.14. The van der Waals surface area contributed by atoms with Crippen LogP contribution in [0.4, 0.5) is 0 Å². The second-order valence-electron chi connectivity index (χ2n) is 3.39. The Morgan fingerprint density at radius 2 is 1.46 bits per heavy atom. The third-order valence-corrected chi connectivity index (χ3v) is 4.52. The number of aliphatic hydroxyl groups excluding tert-OH is 1. The van der Waals surface area contributed by atoms with Crippen LogP contribution in [0.5, 0.6) is 0 Å². The van der Waals surface area contributed by atoms with E-state index in [0.29, 0.717) is 11.4 Å². The number of unbranched alkanes of at least 4 members (excludes halogenated alkanes) is 5. The molecule has 0 rings (SSSR count). The Hall–Kier alpha value is 0.920. The molecule has 0 spiro atoms. The van der Waals surface area contributed by atoms with E-state index in [1.807, 2.05) is 0 Å². The molecule has 0 saturated heterocycles. The van der Waals surface area contributed by atoms with Crippen LogP contribution in [0.1, 0.15) is 44.9 Å². The number of aliphatic hydroxyl groups is 1. The molecule has 0 aromatic carbocycles. The molecule has 0 unspecified atom stereocenters. The molecule has 1 N–H and O–H groups in total. The SMILES string of the molecule is OCCCCCCCC[C@@H](Br)CBr. The van der Waals surface area contributed by atoms with Crippen LogP contribution in [0.2, 0.25) is 0 Å². The number of rotatable bonds is 9. The van der Waals surface area contributed by atoms with Crippen LogP contribution in [-0.4, -0.2) is 21.9 Å². The van der Waals surface area contributed by atoms with Gasteiger partial charge in [-0.05, 0) is 12.8 Å². The maximum atomic E-state index is 8.56. The van der Waals surface area contributed by atoms with Gasteiger partial charge in [0.05, 0.1) is 0 Å². The Labute approximate surface area is 98.6 Å². The maximum absolute atomic E-state index is 8.56. The molecule has 0 fully saturated rings. The first-order valence-electron chi connectivity index (χ1n) is 5.12. The fraction of sp³-hybridized carbons (Fsp3) is 1.00. The van der Waals surface area contributed by atoms with E-state index in [-0.39, 0.29) is 0 Å². The molecule has 0 aliphatic heterocycles. The average Bonchev–Trinajstić information content (AvgIpc) is 2.16. The second kappa shape index (κ2) is 11.0. The van der Waals surface area contributed by atoms with E-state index in [2.05, 4.69) is 31.9 Å². The zero-order valence-corrected chi connectivity index (χ0v) is 11.3. The van der Waals surface area contributed by atoms with Crippen molar-refractivity contribution in [1.29, 1.82) is 0 Å². The fourth-order valence-electron chi connectivity index (χ4n) is 1.26. The van der Waals surface area contributed by atoms with E-state index in [9.17, 15) is 0 Å². The molecule has 1 atom stereocenters. The third kappa shape index (κ3) is 10.8. The van der Waals surface area contributed by atoms with Crippen LogP contribution in [-0.2, 0) is 0 Å². The topological polar surface area (TPSA) is 20.2 Å². The van der Waals surface area contributed by atoms with Gasteiger partial charge in [0.1, 0.15) is 0 Å². The molecular formula is C10H20Br2O. The summed E-state index contributed by atoms with van der Waals surface area (Å²) in [5, 5.41) is 9.62. The molecule has 0 aromatic rings. The average molecular weight is 316 g/mol. The molecule has 0 saturated carbocycles. The Bertz CT molecular complexity index is 98.9. The smallest absolute Gasteiger partial charge is 0.0431 e. The predicted octanol–water partition coefficient (Wildman–Crippen LogP) is 3.87. The van der Waals surface area contributed by atoms with Crippen molar-refractivity contribution in [2.75, 3.05) is 11.9 Å². The molecule has 3 heteroatoms. The highest BCUT2D eigenvalue weighted by atomic mass is 79.9. The number of halogens is 2. The molecule has 1 nitrogen and oxygen atoms in total. The predicted molar refractivity (Wildman–Crippen MR) is 65.9 cm³/mol. The normalized spacial score (nSPS) is 13.2. The highest BCUT2D eigenvalue weighted by Gasteiger charge is 2.00. The van der Waals surface area contributed by atoms with E-state index in [1.165, 1.54) is 38.5 Å². The summed E-state index contributed by atoms with van der Waals surface area (Å²) < 4.78 is 0. The van der Waals surface area contributed by atoms with Crippen LogP contribution in [0, 0.1) is 0 Å². The van der Waals surface area contributed by atoms with Gasteiger partial charge in [0, 0.05) is 16.8 Å². The van der Waals surface area contributed by atoms with Gasteiger partial charge in [0.15, 0.2) is 0 Å². The molecule has 0 aliphatic rings. The third-order valence-electron chi connectivity index (χ3n) is 2.09. The minimum atomic E-state index is 0.354. The summed E-state index contributed by atoms with van der Waals surface area (Å²) in [6, 6.07) is 0. The van der Waals surface area contributed by atoms with Gasteiger partial charge in [0.2, 0.25) is 0 Å². The lowest BCUT2D eigenvalue weighted by molar-refractivity contribution is 0.282. The van der Waals surface area contributed by atoms with Gasteiger partial charge in [-0.1, -0.05) is 64.0 Å². The summed E-state index contributed by atoms with van der Waals surface area (Å²) in [5.74, 6) is 0. The lowest BCUT2D eigenvalue weighted by atomic mass is 10.1. The summed E-state index contributed by atoms with van der Waals surface area (Å²) in [7, 11) is 0. The highest BCUT2D eigenvalue weighted by molar-refractivity contribution is 9.12. The molecule has 13 heavy (non-hydrogen) atoms. The van der Waals surface area contributed by atoms with Gasteiger partial charge in [-0.25, -0.2) is 0 Å². The monoisotopic (exact) mass is 314 g/mol. The number of hydrogen-bond acceptors (Lipinski definition) is 1. The zero-order chi connectivity index (χ0) is 9.94. The summed E-state index contributed by atoms with van der Waals surface area (Å²) in [5.41, 5.74) is 0. The molecule has 0 amide bonds. The van der Waals surface area contributed by atoms with E-state index in [4.69, 9.17) is 5.11 Å². The first kappa shape index (κ1) is 13.9. The fourth-order valence-corrected chi connectivity index (χ4v) is 1.91. The van der Waals surface area contributed by atoms with E-state index in [1.54, 1.807) is 0 Å². The summed E-state index contributed by atoms with van der Waals surface area (Å²) in [6.45, 7) is 0.354. The lowest BCUT2D eigenvalue weighted by Gasteiger charge is -2.04. The van der Waals surface area contributed by atoms with Gasteiger partial charge < -0.3 is 5.11 Å². The minimum Gasteiger partial charge on any atom is -0.396 e. The minimum absolute atomic E-state index is 0.354. The summed E-state index contributed by atoms with van der Waals surface area (Å²) in [4.78, 5) is 0.643. The second-order valence-corrected chi connectivity index (χ2v) is 5.33. The molecule has 80 valence electrons. The van der Waals surface area contributed by atoms with Gasteiger partial charge in [-0.2, -0.15) is 0 Å². The number of hydrogen-bond donors (Lipinski definition) is 1. The Kier molecular flexibility index (Phi) is 11.8. The van der Waals surface area contributed by atoms with Crippen molar-refractivity contribution in [1.82, 2.24) is 0 Å². The van der Waals surface area contributed by atoms with Gasteiger partial charge in [-0.15, -0.1) is 0 Å². The van der Waals surface area contributed by atoms with Crippen molar-refractivity contribution in [3.63, 3.8) is 0 Å². The van der Waals surface area contributed by atoms with Crippen molar-refractivity contribution in [2.24, 2.45) is 0 Å². The van der Waals surface area contributed by atoms with Crippen LogP contribution < -0.4 is 0 Å². The Morgan fingerprint density at radius 3 is 2.00 bits per heavy atom. The van der Waals surface area contributed by atoms with Gasteiger partial charge in [0.25, 0.3) is 0 Å². The first-order valence-corrected chi connectivity index (χ1v) is 7.16. The van der Waals surface area contributed by atoms with E-state index in [0.717, 1.165) is 11.8 Å². The largest absolute Gasteiger partial charge is 0.396 e. The van der Waals surface area contributed by atoms with Crippen molar-refractivity contribution >= 4 is 31.9 Å². The van der Waals surface area contributed by atoms with Crippen molar-refractivity contribution in [3.8, 4) is 0 Å². The maximum Gasteiger partial charge on any atom is 0.0431 e. The molecule has 0 heterocycles. The Morgan fingerprint density at radius 1 is 0.923 bits per heavy atom. The first-order chi connectivity index (χ1) is 6.31. The molecule has 0 aromatic heterocycles. The van der Waals surface area contributed by atoms with Crippen molar-refractivity contribution in [2.45, 2.75) is 49.8 Å². The molecular weight excluding hydrogens is 296 g/mol. The molecule has 0 radical (unpaired) electrons. The Balaban J connectivity index is 2.91. The van der Waals surface area contributed by atoms with Crippen molar-refractivity contribution < 1.29 is 5.11 Å². The summed E-state index contributed by atoms with van der Waals surface area (Å²) >= 11 is 7.03. The van der Waals surface area contributed by atoms with Gasteiger partial charge >= 0.3 is 0 Å². The summed E-state index contributed by atoms with van der Waals surface area (Å²) in [6.07, 6.45) is 8.69. The lowest BCUT2D eigenvalue weighted by Crippen LogP contribution is -1.97. The van der Waals surface area contributed by atoms with E-state index < -0.39 is 0 Å². The standard InChI is InChI=1S/C10H20Br2O/c11-9-10(12)7-5-3-1-2-4-6-8-13/h10,13H,1-9H2/t10-/m1/s1. The van der Waals surface area contributed by atoms with Crippen LogP contribution in [0.25, 0.3) is 0 Å². The molecule has 0 bridgehead atoms. The number of alkyl halides is 2. The van der Waals surface area contributed by atoms with E-state index >= 15 is 0 Å². The quantitative estimate of drug-likeness (QED) is 0.506. The van der Waals surface area contributed by atoms with Crippen LogP contribution in [0.3, 0.4) is 0 Å². The highest BCUT2D eigenvalue weighted by Crippen LogP contribution is 2.14. The van der Waals surface area contributed by atoms with Crippen molar-refractivity contribution in [3.05, 3.63) is 0 Å². The van der Waals surface area contributed by atoms with Crippen LogP contribution in [0.15, 0.2) is 0 Å². The molecule has 0 aliphatic carbocycles. The van der Waals surface area contributed by atoms with Crippen LogP contribution >= 0.6 is 31.9 Å².